The SMILES string of the molecule is CC1Oc2ccccc2N(CC(=O)NC2(C(=O)O)CCSC2)C1=O. The molecule has 2 unspecified atom stereocenters. The first-order valence-electron chi connectivity index (χ1n) is 7.62. The monoisotopic (exact) mass is 350 g/mol. The van der Waals surface area contributed by atoms with Gasteiger partial charge in [-0.1, -0.05) is 12.1 Å². The normalized spacial score (nSPS) is 25.8. The van der Waals surface area contributed by atoms with Crippen LogP contribution in [0.5, 0.6) is 5.75 Å². The van der Waals surface area contributed by atoms with Crippen molar-refractivity contribution in [1.82, 2.24) is 5.32 Å². The first-order valence-corrected chi connectivity index (χ1v) is 8.78. The van der Waals surface area contributed by atoms with Gasteiger partial charge in [-0.2, -0.15) is 11.8 Å². The van der Waals surface area contributed by atoms with E-state index in [1.807, 2.05) is 0 Å². The molecule has 0 radical (unpaired) electrons. The maximum atomic E-state index is 12.4. The Morgan fingerprint density at radius 3 is 2.88 bits per heavy atom. The topological polar surface area (TPSA) is 95.9 Å². The summed E-state index contributed by atoms with van der Waals surface area (Å²) in [6.07, 6.45) is -0.314. The molecule has 2 heterocycles. The van der Waals surface area contributed by atoms with Gasteiger partial charge in [0.1, 0.15) is 17.8 Å². The van der Waals surface area contributed by atoms with Gasteiger partial charge < -0.3 is 15.2 Å². The van der Waals surface area contributed by atoms with E-state index in [-0.39, 0.29) is 12.5 Å². The summed E-state index contributed by atoms with van der Waals surface area (Å²) in [6.45, 7) is 1.39. The predicted molar refractivity (Wildman–Crippen MR) is 89.3 cm³/mol. The van der Waals surface area contributed by atoms with Gasteiger partial charge >= 0.3 is 5.97 Å². The number of anilines is 1. The fraction of sp³-hybridized carbons (Fsp3) is 0.438. The third-order valence-electron chi connectivity index (χ3n) is 4.19. The number of thioether (sulfide) groups is 1. The van der Waals surface area contributed by atoms with Crippen molar-refractivity contribution in [2.24, 2.45) is 0 Å². The van der Waals surface area contributed by atoms with Gasteiger partial charge in [0.25, 0.3) is 5.91 Å². The summed E-state index contributed by atoms with van der Waals surface area (Å²) < 4.78 is 5.53. The van der Waals surface area contributed by atoms with Gasteiger partial charge in [0.05, 0.1) is 5.69 Å². The summed E-state index contributed by atoms with van der Waals surface area (Å²) in [4.78, 5) is 37.7. The highest BCUT2D eigenvalue weighted by Gasteiger charge is 2.44. The number of rotatable bonds is 4. The van der Waals surface area contributed by atoms with Crippen LogP contribution in [-0.4, -0.2) is 52.6 Å². The molecule has 128 valence electrons. The number of hydrogen-bond acceptors (Lipinski definition) is 5. The fourth-order valence-corrected chi connectivity index (χ4v) is 4.18. The van der Waals surface area contributed by atoms with Gasteiger partial charge in [-0.05, 0) is 31.2 Å². The zero-order chi connectivity index (χ0) is 17.3. The molecule has 0 aliphatic carbocycles. The van der Waals surface area contributed by atoms with Crippen molar-refractivity contribution < 1.29 is 24.2 Å². The Hall–Kier alpha value is -2.22. The van der Waals surface area contributed by atoms with Crippen molar-refractivity contribution in [3.63, 3.8) is 0 Å². The van der Waals surface area contributed by atoms with E-state index < -0.39 is 23.5 Å². The highest BCUT2D eigenvalue weighted by molar-refractivity contribution is 7.99. The van der Waals surface area contributed by atoms with Crippen LogP contribution in [0.15, 0.2) is 24.3 Å². The molecule has 24 heavy (non-hydrogen) atoms. The molecule has 2 aliphatic rings. The second-order valence-corrected chi connectivity index (χ2v) is 7.00. The van der Waals surface area contributed by atoms with Gasteiger partial charge in [-0.3, -0.25) is 14.5 Å². The van der Waals surface area contributed by atoms with E-state index in [0.29, 0.717) is 29.4 Å². The number of ether oxygens (including phenoxy) is 1. The second-order valence-electron chi connectivity index (χ2n) is 5.89. The van der Waals surface area contributed by atoms with E-state index in [0.717, 1.165) is 0 Å². The number of nitrogens with zero attached hydrogens (tertiary/aromatic N) is 1. The van der Waals surface area contributed by atoms with Crippen LogP contribution in [0.1, 0.15) is 13.3 Å². The molecule has 2 amide bonds. The lowest BCUT2D eigenvalue weighted by atomic mass is 9.99. The third kappa shape index (κ3) is 2.93. The maximum Gasteiger partial charge on any atom is 0.330 e. The molecule has 1 fully saturated rings. The van der Waals surface area contributed by atoms with Crippen molar-refractivity contribution in [1.29, 1.82) is 0 Å². The van der Waals surface area contributed by atoms with Gasteiger partial charge in [-0.25, -0.2) is 4.79 Å². The van der Waals surface area contributed by atoms with Crippen molar-refractivity contribution in [2.75, 3.05) is 23.0 Å². The summed E-state index contributed by atoms with van der Waals surface area (Å²) in [5.41, 5.74) is -0.733. The Morgan fingerprint density at radius 2 is 2.21 bits per heavy atom. The number of carbonyl (C=O) groups is 3. The molecule has 1 aromatic rings. The highest BCUT2D eigenvalue weighted by atomic mass is 32.2. The quantitative estimate of drug-likeness (QED) is 0.837. The number of carboxylic acid groups (broad SMARTS) is 1. The number of nitrogens with one attached hydrogen (secondary N) is 1. The molecular weight excluding hydrogens is 332 g/mol. The lowest BCUT2D eigenvalue weighted by molar-refractivity contribution is -0.146. The van der Waals surface area contributed by atoms with E-state index in [4.69, 9.17) is 4.74 Å². The zero-order valence-corrected chi connectivity index (χ0v) is 14.0. The summed E-state index contributed by atoms with van der Waals surface area (Å²) in [5, 5.41) is 12.1. The van der Waals surface area contributed by atoms with E-state index in [1.54, 1.807) is 31.2 Å². The maximum absolute atomic E-state index is 12.4. The first kappa shape index (κ1) is 16.6. The number of hydrogen-bond donors (Lipinski definition) is 2. The molecule has 2 aliphatic heterocycles. The molecule has 0 aromatic heterocycles. The second kappa shape index (κ2) is 6.35. The van der Waals surface area contributed by atoms with Crippen LogP contribution in [0, 0.1) is 0 Å². The standard InChI is InChI=1S/C16H18N2O5S/c1-10-14(20)18(11-4-2-3-5-12(11)23-10)8-13(19)17-16(15(21)22)6-7-24-9-16/h2-5,10H,6-9H2,1H3,(H,17,19)(H,21,22). The molecule has 7 nitrogen and oxygen atoms in total. The minimum absolute atomic E-state index is 0.233. The Balaban J connectivity index is 1.78. The smallest absolute Gasteiger partial charge is 0.330 e. The zero-order valence-electron chi connectivity index (χ0n) is 13.2. The molecule has 2 atom stereocenters. The van der Waals surface area contributed by atoms with E-state index in [2.05, 4.69) is 5.32 Å². The van der Waals surface area contributed by atoms with Gasteiger partial charge in [0.2, 0.25) is 5.91 Å². The summed E-state index contributed by atoms with van der Waals surface area (Å²) >= 11 is 1.49. The molecule has 1 saturated heterocycles. The average molecular weight is 350 g/mol. The number of carbonyl (C=O) groups excluding carboxylic acids is 2. The molecule has 0 bridgehead atoms. The predicted octanol–water partition coefficient (Wildman–Crippen LogP) is 0.877. The van der Waals surface area contributed by atoms with E-state index in [9.17, 15) is 19.5 Å². The first-order chi connectivity index (χ1) is 11.4. The summed E-state index contributed by atoms with van der Waals surface area (Å²) in [5.74, 6) is -0.308. The van der Waals surface area contributed by atoms with E-state index in [1.165, 1.54) is 16.7 Å². The number of para-hydroxylation sites is 2. The molecule has 3 rings (SSSR count). The van der Waals surface area contributed by atoms with Crippen LogP contribution in [0.25, 0.3) is 0 Å². The van der Waals surface area contributed by atoms with Gasteiger partial charge in [0, 0.05) is 5.75 Å². The Morgan fingerprint density at radius 1 is 1.46 bits per heavy atom. The highest BCUT2D eigenvalue weighted by Crippen LogP contribution is 2.33. The van der Waals surface area contributed by atoms with Gasteiger partial charge in [0.15, 0.2) is 6.10 Å². The summed E-state index contributed by atoms with van der Waals surface area (Å²) in [6, 6.07) is 6.97. The molecule has 0 saturated carbocycles. The summed E-state index contributed by atoms with van der Waals surface area (Å²) in [7, 11) is 0. The van der Waals surface area contributed by atoms with Crippen LogP contribution in [0.3, 0.4) is 0 Å². The van der Waals surface area contributed by atoms with Crippen LogP contribution in [0.4, 0.5) is 5.69 Å². The number of amides is 2. The molecular formula is C16H18N2O5S. The third-order valence-corrected chi connectivity index (χ3v) is 5.37. The van der Waals surface area contributed by atoms with E-state index >= 15 is 0 Å². The van der Waals surface area contributed by atoms with Crippen LogP contribution in [-0.2, 0) is 14.4 Å². The lowest BCUT2D eigenvalue weighted by Crippen LogP contribution is -2.58. The molecule has 0 spiro atoms. The van der Waals surface area contributed by atoms with Crippen LogP contribution in [0.2, 0.25) is 0 Å². The lowest BCUT2D eigenvalue weighted by Gasteiger charge is -2.33. The van der Waals surface area contributed by atoms with Crippen LogP contribution >= 0.6 is 11.8 Å². The number of aliphatic carboxylic acids is 1. The fourth-order valence-electron chi connectivity index (χ4n) is 2.86. The Labute approximate surface area is 143 Å². The van der Waals surface area contributed by atoms with Crippen molar-refractivity contribution >= 4 is 35.2 Å². The molecule has 8 heteroatoms. The minimum Gasteiger partial charge on any atom is -0.479 e. The minimum atomic E-state index is -1.25. The number of fused-ring (bicyclic) bond motifs is 1. The average Bonchev–Trinajstić information content (AvgIpc) is 3.01. The number of carboxylic acids is 1. The van der Waals surface area contributed by atoms with Gasteiger partial charge in [-0.15, -0.1) is 0 Å². The number of benzene rings is 1. The Kier molecular flexibility index (Phi) is 4.40. The molecule has 2 N–H and O–H groups in total. The van der Waals surface area contributed by atoms with Crippen molar-refractivity contribution in [2.45, 2.75) is 25.0 Å². The van der Waals surface area contributed by atoms with Crippen LogP contribution < -0.4 is 15.0 Å². The molecule has 1 aromatic carbocycles. The largest absolute Gasteiger partial charge is 0.479 e. The Bertz CT molecular complexity index is 687. The van der Waals surface area contributed by atoms with Crippen molar-refractivity contribution in [3.8, 4) is 5.75 Å². The van der Waals surface area contributed by atoms with Crippen molar-refractivity contribution in [3.05, 3.63) is 24.3 Å².